The molecule has 0 spiro atoms. The summed E-state index contributed by atoms with van der Waals surface area (Å²) in [5.41, 5.74) is -0.437. The molecule has 0 aliphatic rings. The lowest BCUT2D eigenvalue weighted by molar-refractivity contribution is -0.141. The maximum atomic E-state index is 13.4. The van der Waals surface area contributed by atoms with Gasteiger partial charge in [-0.2, -0.15) is 0 Å². The minimum atomic E-state index is -0.855. The number of hydrogen-bond donors (Lipinski definition) is 0. The van der Waals surface area contributed by atoms with Crippen LogP contribution >= 0.6 is 23.4 Å². The van der Waals surface area contributed by atoms with Gasteiger partial charge in [0.05, 0.1) is 17.0 Å². The summed E-state index contributed by atoms with van der Waals surface area (Å²) in [5, 5.41) is 0.590. The first-order valence-electron chi connectivity index (χ1n) is 6.98. The molecule has 2 aromatic rings. The molecule has 0 atom stereocenters. The van der Waals surface area contributed by atoms with Crippen LogP contribution in [-0.4, -0.2) is 24.1 Å². The Bertz CT molecular complexity index is 752. The first-order chi connectivity index (χ1) is 11.5. The summed E-state index contributed by atoms with van der Waals surface area (Å²) in [6, 6.07) is 9.74. The molecular formula is C17H13ClF2O3S. The van der Waals surface area contributed by atoms with E-state index < -0.39 is 35.6 Å². The number of ether oxygens (including phenoxy) is 1. The Kier molecular flexibility index (Phi) is 6.75. The van der Waals surface area contributed by atoms with Gasteiger partial charge < -0.3 is 4.74 Å². The van der Waals surface area contributed by atoms with Crippen LogP contribution in [0.15, 0.2) is 47.4 Å². The van der Waals surface area contributed by atoms with Crippen molar-refractivity contribution in [3.05, 3.63) is 64.7 Å². The fraction of sp³-hybridized carbons (Fsp3) is 0.176. The molecule has 0 aliphatic heterocycles. The van der Waals surface area contributed by atoms with Crippen molar-refractivity contribution in [2.75, 3.05) is 12.4 Å². The van der Waals surface area contributed by atoms with Crippen LogP contribution in [-0.2, 0) is 9.53 Å². The maximum absolute atomic E-state index is 13.4. The van der Waals surface area contributed by atoms with Crippen molar-refractivity contribution in [3.8, 4) is 0 Å². The molecule has 126 valence electrons. The van der Waals surface area contributed by atoms with Crippen molar-refractivity contribution < 1.29 is 23.1 Å². The first-order valence-corrected chi connectivity index (χ1v) is 8.35. The van der Waals surface area contributed by atoms with E-state index in [1.165, 1.54) is 11.8 Å². The quantitative estimate of drug-likeness (QED) is 0.408. The van der Waals surface area contributed by atoms with Gasteiger partial charge in [0.2, 0.25) is 5.78 Å². The molecule has 0 bridgehead atoms. The molecule has 0 fully saturated rings. The Morgan fingerprint density at radius 1 is 1.12 bits per heavy atom. The van der Waals surface area contributed by atoms with Gasteiger partial charge in [-0.25, -0.2) is 8.78 Å². The molecule has 24 heavy (non-hydrogen) atoms. The third-order valence-electron chi connectivity index (χ3n) is 2.99. The van der Waals surface area contributed by atoms with Crippen molar-refractivity contribution >= 4 is 35.1 Å². The summed E-state index contributed by atoms with van der Waals surface area (Å²) < 4.78 is 31.3. The average molecular weight is 371 g/mol. The molecule has 0 unspecified atom stereocenters. The lowest BCUT2D eigenvalue weighted by Crippen LogP contribution is -2.15. The molecule has 0 saturated heterocycles. The molecule has 0 aromatic heterocycles. The van der Waals surface area contributed by atoms with Gasteiger partial charge in [0.15, 0.2) is 6.61 Å². The summed E-state index contributed by atoms with van der Waals surface area (Å²) >= 11 is 7.37. The summed E-state index contributed by atoms with van der Waals surface area (Å²) in [4.78, 5) is 24.2. The van der Waals surface area contributed by atoms with Gasteiger partial charge in [-0.05, 0) is 30.3 Å². The minimum Gasteiger partial charge on any atom is -0.457 e. The zero-order valence-electron chi connectivity index (χ0n) is 12.4. The largest absolute Gasteiger partial charge is 0.457 e. The molecule has 2 aromatic carbocycles. The molecule has 0 amide bonds. The molecule has 0 N–H and O–H groups in total. The molecule has 0 saturated carbocycles. The van der Waals surface area contributed by atoms with Gasteiger partial charge in [-0.3, -0.25) is 9.59 Å². The topological polar surface area (TPSA) is 43.4 Å². The normalized spacial score (nSPS) is 10.5. The Balaban J connectivity index is 1.78. The molecular weight excluding hydrogens is 358 g/mol. The van der Waals surface area contributed by atoms with Crippen LogP contribution in [0.4, 0.5) is 8.78 Å². The number of carbonyl (C=O) groups is 2. The molecule has 3 nitrogen and oxygen atoms in total. The van der Waals surface area contributed by atoms with Crippen molar-refractivity contribution in [1.82, 2.24) is 0 Å². The highest BCUT2D eigenvalue weighted by Crippen LogP contribution is 2.26. The van der Waals surface area contributed by atoms with Crippen molar-refractivity contribution in [2.24, 2.45) is 0 Å². The van der Waals surface area contributed by atoms with E-state index >= 15 is 0 Å². The summed E-state index contributed by atoms with van der Waals surface area (Å²) in [6.07, 6.45) is 0.0643. The van der Waals surface area contributed by atoms with Crippen LogP contribution in [0.25, 0.3) is 0 Å². The highest BCUT2D eigenvalue weighted by atomic mass is 35.5. The SMILES string of the molecule is O=C(CCSc1ccccc1Cl)OCC(=O)c1cc(F)ccc1F. The number of halogens is 3. The number of benzene rings is 2. The van der Waals surface area contributed by atoms with E-state index in [9.17, 15) is 18.4 Å². The van der Waals surface area contributed by atoms with Crippen LogP contribution in [0.2, 0.25) is 5.02 Å². The second-order valence-electron chi connectivity index (χ2n) is 4.74. The Morgan fingerprint density at radius 3 is 2.62 bits per heavy atom. The van der Waals surface area contributed by atoms with Crippen LogP contribution in [0.3, 0.4) is 0 Å². The van der Waals surface area contributed by atoms with Gasteiger partial charge in [0.1, 0.15) is 11.6 Å². The average Bonchev–Trinajstić information content (AvgIpc) is 2.56. The molecule has 0 aliphatic carbocycles. The minimum absolute atomic E-state index is 0.0643. The van der Waals surface area contributed by atoms with E-state index in [1.807, 2.05) is 12.1 Å². The molecule has 7 heteroatoms. The van der Waals surface area contributed by atoms with E-state index in [1.54, 1.807) is 12.1 Å². The predicted octanol–water partition coefficient (Wildman–Crippen LogP) is 4.53. The van der Waals surface area contributed by atoms with Gasteiger partial charge in [-0.15, -0.1) is 11.8 Å². The van der Waals surface area contributed by atoms with E-state index in [-0.39, 0.29) is 6.42 Å². The Morgan fingerprint density at radius 2 is 1.88 bits per heavy atom. The standard InChI is InChI=1S/C17H13ClF2O3S/c18-13-3-1-2-4-16(13)24-8-7-17(22)23-10-15(21)12-9-11(19)5-6-14(12)20/h1-6,9H,7-8,10H2. The zero-order chi connectivity index (χ0) is 17.5. The summed E-state index contributed by atoms with van der Waals surface area (Å²) in [7, 11) is 0. The monoisotopic (exact) mass is 370 g/mol. The first kappa shape index (κ1) is 18.4. The van der Waals surface area contributed by atoms with Gasteiger partial charge >= 0.3 is 5.97 Å². The maximum Gasteiger partial charge on any atom is 0.307 e. The summed E-state index contributed by atoms with van der Waals surface area (Å²) in [6.45, 7) is -0.629. The highest BCUT2D eigenvalue weighted by molar-refractivity contribution is 7.99. The molecule has 0 heterocycles. The number of Topliss-reactive ketones (excluding diaryl/α,β-unsaturated/α-hetero) is 1. The Hall–Kier alpha value is -1.92. The Labute approximate surface area is 147 Å². The third-order valence-corrected chi connectivity index (χ3v) is 4.51. The van der Waals surface area contributed by atoms with Crippen molar-refractivity contribution in [1.29, 1.82) is 0 Å². The predicted molar refractivity (Wildman–Crippen MR) is 88.4 cm³/mol. The number of thioether (sulfide) groups is 1. The number of carbonyl (C=O) groups excluding carboxylic acids is 2. The second kappa shape index (κ2) is 8.80. The number of ketones is 1. The number of rotatable bonds is 7. The molecule has 0 radical (unpaired) electrons. The van der Waals surface area contributed by atoms with E-state index in [0.717, 1.165) is 23.1 Å². The summed E-state index contributed by atoms with van der Waals surface area (Å²) in [5.74, 6) is -2.56. The van der Waals surface area contributed by atoms with Gasteiger partial charge in [0, 0.05) is 10.6 Å². The third kappa shape index (κ3) is 5.32. The smallest absolute Gasteiger partial charge is 0.307 e. The second-order valence-corrected chi connectivity index (χ2v) is 6.28. The number of esters is 1. The van der Waals surface area contributed by atoms with Crippen molar-refractivity contribution in [3.63, 3.8) is 0 Å². The van der Waals surface area contributed by atoms with Gasteiger partial charge in [-0.1, -0.05) is 23.7 Å². The highest BCUT2D eigenvalue weighted by Gasteiger charge is 2.15. The van der Waals surface area contributed by atoms with Crippen LogP contribution < -0.4 is 0 Å². The molecule has 2 rings (SSSR count). The van der Waals surface area contributed by atoms with E-state index in [4.69, 9.17) is 16.3 Å². The lowest BCUT2D eigenvalue weighted by Gasteiger charge is -2.06. The fourth-order valence-corrected chi connectivity index (χ4v) is 2.98. The van der Waals surface area contributed by atoms with Crippen LogP contribution in [0, 0.1) is 11.6 Å². The van der Waals surface area contributed by atoms with Crippen LogP contribution in [0.1, 0.15) is 16.8 Å². The van der Waals surface area contributed by atoms with Gasteiger partial charge in [0.25, 0.3) is 0 Å². The fourth-order valence-electron chi connectivity index (χ4n) is 1.81. The number of hydrogen-bond acceptors (Lipinski definition) is 4. The van der Waals surface area contributed by atoms with Crippen molar-refractivity contribution in [2.45, 2.75) is 11.3 Å². The lowest BCUT2D eigenvalue weighted by atomic mass is 10.1. The zero-order valence-corrected chi connectivity index (χ0v) is 14.0. The van der Waals surface area contributed by atoms with Crippen LogP contribution in [0.5, 0.6) is 0 Å². The van der Waals surface area contributed by atoms with E-state index in [2.05, 4.69) is 0 Å². The van der Waals surface area contributed by atoms with E-state index in [0.29, 0.717) is 10.8 Å².